The maximum Gasteiger partial charge on any atom is 0.416 e. The van der Waals surface area contributed by atoms with Crippen molar-refractivity contribution < 1.29 is 23.1 Å². The third kappa shape index (κ3) is 2.99. The Morgan fingerprint density at radius 1 is 1.04 bits per heavy atom. The van der Waals surface area contributed by atoms with Crippen LogP contribution < -0.4 is 4.90 Å². The third-order valence-electron chi connectivity index (χ3n) is 4.27. The first-order valence-corrected chi connectivity index (χ1v) is 7.84. The summed E-state index contributed by atoms with van der Waals surface area (Å²) in [6, 6.07) is 12.9. The Balaban J connectivity index is 2.02. The van der Waals surface area contributed by atoms with Crippen LogP contribution in [-0.2, 0) is 11.0 Å². The second-order valence-corrected chi connectivity index (χ2v) is 5.77. The zero-order valence-corrected chi connectivity index (χ0v) is 13.4. The first kappa shape index (κ1) is 17.1. The molecule has 0 fully saturated rings. The van der Waals surface area contributed by atoms with E-state index >= 15 is 0 Å². The number of hydrogen-bond acceptors (Lipinski definition) is 2. The fourth-order valence-electron chi connectivity index (χ4n) is 3.10. The molecule has 1 amide bonds. The molecule has 0 radical (unpaired) electrons. The van der Waals surface area contributed by atoms with Gasteiger partial charge in [-0.05, 0) is 36.2 Å². The van der Waals surface area contributed by atoms with E-state index in [1.54, 1.807) is 24.3 Å². The molecular weight excluding hydrogens is 331 g/mol. The van der Waals surface area contributed by atoms with Gasteiger partial charge in [-0.15, -0.1) is 0 Å². The summed E-state index contributed by atoms with van der Waals surface area (Å²) < 4.78 is 38.2. The van der Waals surface area contributed by atoms with Crippen molar-refractivity contribution in [3.05, 3.63) is 71.5 Å². The molecule has 0 bridgehead atoms. The van der Waals surface area contributed by atoms with E-state index in [1.807, 2.05) is 13.0 Å². The number of nitrogens with zero attached hydrogens (tertiary/aromatic N) is 1. The summed E-state index contributed by atoms with van der Waals surface area (Å²) in [5, 5.41) is 10.3. The van der Waals surface area contributed by atoms with Gasteiger partial charge >= 0.3 is 6.18 Å². The molecule has 3 nitrogen and oxygen atoms in total. The zero-order valence-electron chi connectivity index (χ0n) is 13.4. The molecule has 0 aromatic heterocycles. The van der Waals surface area contributed by atoms with Crippen LogP contribution in [0.25, 0.3) is 5.57 Å². The van der Waals surface area contributed by atoms with Gasteiger partial charge in [-0.3, -0.25) is 9.69 Å². The van der Waals surface area contributed by atoms with Crippen molar-refractivity contribution in [1.82, 2.24) is 0 Å². The van der Waals surface area contributed by atoms with Crippen molar-refractivity contribution in [2.24, 2.45) is 0 Å². The summed E-state index contributed by atoms with van der Waals surface area (Å²) in [6.07, 6.45) is -3.91. The minimum absolute atomic E-state index is 0.352. The van der Waals surface area contributed by atoms with Gasteiger partial charge in [-0.2, -0.15) is 13.2 Å². The van der Waals surface area contributed by atoms with E-state index in [-0.39, 0.29) is 0 Å². The molecule has 1 atom stereocenters. The van der Waals surface area contributed by atoms with Crippen LogP contribution in [0.3, 0.4) is 0 Å². The molecule has 3 rings (SSSR count). The van der Waals surface area contributed by atoms with Crippen molar-refractivity contribution in [1.29, 1.82) is 0 Å². The number of carbonyl (C=O) groups excluding carboxylic acids is 1. The molecule has 25 heavy (non-hydrogen) atoms. The van der Waals surface area contributed by atoms with Crippen LogP contribution in [0.1, 0.15) is 24.5 Å². The average Bonchev–Trinajstić information content (AvgIpc) is 2.86. The molecule has 0 aliphatic carbocycles. The molecule has 1 heterocycles. The molecule has 1 N–H and O–H groups in total. The monoisotopic (exact) mass is 347 g/mol. The molecule has 1 unspecified atom stereocenters. The Morgan fingerprint density at radius 2 is 1.64 bits per heavy atom. The van der Waals surface area contributed by atoms with E-state index in [4.69, 9.17) is 0 Å². The Kier molecular flexibility index (Phi) is 4.29. The number of hydrogen-bond donors (Lipinski definition) is 1. The number of halogens is 3. The summed E-state index contributed by atoms with van der Waals surface area (Å²) in [7, 11) is 0. The largest absolute Gasteiger partial charge is 0.503 e. The van der Waals surface area contributed by atoms with Crippen molar-refractivity contribution in [3.8, 4) is 0 Å². The standard InChI is InChI=1S/C19H16F3NO2/c1-2-15-16(12-8-10-13(11-9-12)19(20,21)22)17(24)18(25)23(15)14-6-4-3-5-7-14/h3-11,15,24H,2H2,1H3. The minimum atomic E-state index is -4.43. The topological polar surface area (TPSA) is 40.5 Å². The predicted octanol–water partition coefficient (Wildman–Crippen LogP) is 4.80. The number of para-hydroxylation sites is 1. The first-order chi connectivity index (χ1) is 11.8. The fraction of sp³-hybridized carbons (Fsp3) is 0.211. The van der Waals surface area contributed by atoms with Crippen molar-refractivity contribution >= 4 is 17.2 Å². The van der Waals surface area contributed by atoms with E-state index in [9.17, 15) is 23.1 Å². The van der Waals surface area contributed by atoms with Gasteiger partial charge in [0.05, 0.1) is 11.6 Å². The SMILES string of the molecule is CCC1C(c2ccc(C(F)(F)F)cc2)=C(O)C(=O)N1c1ccccc1. The van der Waals surface area contributed by atoms with Gasteiger partial charge in [0.1, 0.15) is 0 Å². The first-order valence-electron chi connectivity index (χ1n) is 7.84. The number of carbonyl (C=O) groups is 1. The predicted molar refractivity (Wildman–Crippen MR) is 89.0 cm³/mol. The Labute approximate surface area is 143 Å². The lowest BCUT2D eigenvalue weighted by molar-refractivity contribution is -0.137. The van der Waals surface area contributed by atoms with E-state index in [0.29, 0.717) is 23.2 Å². The minimum Gasteiger partial charge on any atom is -0.503 e. The van der Waals surface area contributed by atoms with Crippen molar-refractivity contribution in [3.63, 3.8) is 0 Å². The van der Waals surface area contributed by atoms with Crippen molar-refractivity contribution in [2.75, 3.05) is 4.90 Å². The normalized spacial score (nSPS) is 18.2. The summed E-state index contributed by atoms with van der Waals surface area (Å²) >= 11 is 0. The lowest BCUT2D eigenvalue weighted by atomic mass is 9.96. The molecule has 1 aliphatic rings. The van der Waals surface area contributed by atoms with Crippen LogP contribution in [0.15, 0.2) is 60.4 Å². The zero-order chi connectivity index (χ0) is 18.2. The fourth-order valence-corrected chi connectivity index (χ4v) is 3.10. The maximum absolute atomic E-state index is 12.7. The van der Waals surface area contributed by atoms with Gasteiger partial charge < -0.3 is 5.11 Å². The number of benzene rings is 2. The van der Waals surface area contributed by atoms with Gasteiger partial charge in [0.15, 0.2) is 5.76 Å². The lowest BCUT2D eigenvalue weighted by Gasteiger charge is -2.26. The van der Waals surface area contributed by atoms with Gasteiger partial charge in [0.2, 0.25) is 0 Å². The van der Waals surface area contributed by atoms with Crippen LogP contribution in [0.2, 0.25) is 0 Å². The molecule has 0 spiro atoms. The molecule has 2 aromatic carbocycles. The van der Waals surface area contributed by atoms with E-state index < -0.39 is 29.4 Å². The number of alkyl halides is 3. The Bertz CT molecular complexity index is 811. The maximum atomic E-state index is 12.7. The van der Waals surface area contributed by atoms with Crippen LogP contribution in [0.4, 0.5) is 18.9 Å². The molecule has 6 heteroatoms. The van der Waals surface area contributed by atoms with Crippen LogP contribution in [0.5, 0.6) is 0 Å². The number of aliphatic hydroxyl groups excluding tert-OH is 1. The highest BCUT2D eigenvalue weighted by Crippen LogP contribution is 2.38. The second kappa shape index (κ2) is 6.27. The summed E-state index contributed by atoms with van der Waals surface area (Å²) in [5.74, 6) is -0.969. The molecule has 1 aliphatic heterocycles. The lowest BCUT2D eigenvalue weighted by Crippen LogP contribution is -2.35. The molecule has 0 saturated heterocycles. The molecule has 2 aromatic rings. The average molecular weight is 347 g/mol. The van der Waals surface area contributed by atoms with Crippen LogP contribution in [0, 0.1) is 0 Å². The van der Waals surface area contributed by atoms with Crippen molar-refractivity contribution in [2.45, 2.75) is 25.6 Å². The second-order valence-electron chi connectivity index (χ2n) is 5.77. The number of rotatable bonds is 3. The van der Waals surface area contributed by atoms with Crippen LogP contribution >= 0.6 is 0 Å². The highest BCUT2D eigenvalue weighted by atomic mass is 19.4. The van der Waals surface area contributed by atoms with E-state index in [2.05, 4.69) is 0 Å². The van der Waals surface area contributed by atoms with Gasteiger partial charge in [0.25, 0.3) is 5.91 Å². The quantitative estimate of drug-likeness (QED) is 0.866. The molecule has 130 valence electrons. The number of amides is 1. The highest BCUT2D eigenvalue weighted by molar-refractivity contribution is 6.15. The molecule has 0 saturated carbocycles. The number of anilines is 1. The summed E-state index contributed by atoms with van der Waals surface area (Å²) in [5.41, 5.74) is 0.621. The van der Waals surface area contributed by atoms with Gasteiger partial charge in [-0.25, -0.2) is 0 Å². The Hall–Kier alpha value is -2.76. The third-order valence-corrected chi connectivity index (χ3v) is 4.27. The molecular formula is C19H16F3NO2. The van der Waals surface area contributed by atoms with E-state index in [0.717, 1.165) is 12.1 Å². The van der Waals surface area contributed by atoms with Gasteiger partial charge in [0, 0.05) is 11.3 Å². The Morgan fingerprint density at radius 3 is 2.16 bits per heavy atom. The highest BCUT2D eigenvalue weighted by Gasteiger charge is 2.40. The smallest absolute Gasteiger partial charge is 0.416 e. The van der Waals surface area contributed by atoms with Gasteiger partial charge in [-0.1, -0.05) is 37.3 Å². The van der Waals surface area contributed by atoms with Crippen LogP contribution in [-0.4, -0.2) is 17.1 Å². The summed E-state index contributed by atoms with van der Waals surface area (Å²) in [4.78, 5) is 14.0. The van der Waals surface area contributed by atoms with E-state index in [1.165, 1.54) is 17.0 Å². The number of aliphatic hydroxyl groups is 1. The summed E-state index contributed by atoms with van der Waals surface area (Å²) in [6.45, 7) is 1.86.